The Hall–Kier alpha value is -0.960. The van der Waals surface area contributed by atoms with E-state index >= 15 is 0 Å². The van der Waals surface area contributed by atoms with Crippen molar-refractivity contribution < 1.29 is 8.78 Å². The van der Waals surface area contributed by atoms with Crippen LogP contribution in [0.25, 0.3) is 0 Å². The van der Waals surface area contributed by atoms with Gasteiger partial charge in [-0.05, 0) is 43.1 Å². The smallest absolute Gasteiger partial charge is 0.126 e. The summed E-state index contributed by atoms with van der Waals surface area (Å²) in [4.78, 5) is 0. The molecule has 0 aliphatic heterocycles. The summed E-state index contributed by atoms with van der Waals surface area (Å²) in [6.07, 6.45) is 1.80. The number of rotatable bonds is 6. The van der Waals surface area contributed by atoms with E-state index < -0.39 is 11.6 Å². The highest BCUT2D eigenvalue weighted by Crippen LogP contribution is 2.08. The first-order valence-corrected chi connectivity index (χ1v) is 5.77. The van der Waals surface area contributed by atoms with Crippen LogP contribution in [0.1, 0.15) is 25.8 Å². The Morgan fingerprint density at radius 2 is 1.81 bits per heavy atom. The molecule has 1 N–H and O–H groups in total. The molecule has 0 fully saturated rings. The van der Waals surface area contributed by atoms with Crippen LogP contribution >= 0.6 is 0 Å². The molecule has 3 heteroatoms. The van der Waals surface area contributed by atoms with E-state index in [1.54, 1.807) is 0 Å². The van der Waals surface area contributed by atoms with Crippen LogP contribution in [0.2, 0.25) is 0 Å². The van der Waals surface area contributed by atoms with Crippen molar-refractivity contribution in [1.29, 1.82) is 0 Å². The topological polar surface area (TPSA) is 12.0 Å². The SMILES string of the molecule is CCC(C)CNCCc1cc(F)cc(F)c1. The van der Waals surface area contributed by atoms with Gasteiger partial charge in [-0.2, -0.15) is 0 Å². The molecule has 0 spiro atoms. The fourth-order valence-electron chi connectivity index (χ4n) is 1.48. The van der Waals surface area contributed by atoms with Crippen LogP contribution in [-0.4, -0.2) is 13.1 Å². The van der Waals surface area contributed by atoms with Crippen molar-refractivity contribution in [3.8, 4) is 0 Å². The summed E-state index contributed by atoms with van der Waals surface area (Å²) in [5, 5.41) is 3.28. The molecule has 1 aromatic rings. The molecule has 0 amide bonds. The van der Waals surface area contributed by atoms with Gasteiger partial charge in [0.05, 0.1) is 0 Å². The Bertz CT molecular complexity index is 305. The molecular formula is C13H19F2N. The molecule has 16 heavy (non-hydrogen) atoms. The average Bonchev–Trinajstić information content (AvgIpc) is 2.22. The second-order valence-electron chi connectivity index (χ2n) is 4.25. The largest absolute Gasteiger partial charge is 0.316 e. The van der Waals surface area contributed by atoms with Gasteiger partial charge in [0, 0.05) is 6.07 Å². The van der Waals surface area contributed by atoms with Gasteiger partial charge in [0.2, 0.25) is 0 Å². The van der Waals surface area contributed by atoms with Crippen molar-refractivity contribution in [2.75, 3.05) is 13.1 Å². The summed E-state index contributed by atoms with van der Waals surface area (Å²) in [6, 6.07) is 3.66. The summed E-state index contributed by atoms with van der Waals surface area (Å²) in [5.74, 6) is -0.363. The lowest BCUT2D eigenvalue weighted by atomic mass is 10.1. The second-order valence-corrected chi connectivity index (χ2v) is 4.25. The Balaban J connectivity index is 2.32. The van der Waals surface area contributed by atoms with E-state index in [-0.39, 0.29) is 0 Å². The standard InChI is InChI=1S/C13H19F2N/c1-3-10(2)9-16-5-4-11-6-12(14)8-13(15)7-11/h6-8,10,16H,3-5,9H2,1-2H3. The molecule has 1 nitrogen and oxygen atoms in total. The Labute approximate surface area is 95.9 Å². The minimum atomic E-state index is -0.503. The van der Waals surface area contributed by atoms with Crippen molar-refractivity contribution in [1.82, 2.24) is 5.32 Å². The fourth-order valence-corrected chi connectivity index (χ4v) is 1.48. The first-order chi connectivity index (χ1) is 7.61. The average molecular weight is 227 g/mol. The Morgan fingerprint density at radius 3 is 2.38 bits per heavy atom. The van der Waals surface area contributed by atoms with Crippen molar-refractivity contribution >= 4 is 0 Å². The molecule has 1 atom stereocenters. The third kappa shape index (κ3) is 4.71. The molecule has 1 unspecified atom stereocenters. The number of hydrogen-bond donors (Lipinski definition) is 1. The lowest BCUT2D eigenvalue weighted by Gasteiger charge is -2.09. The van der Waals surface area contributed by atoms with Crippen LogP contribution < -0.4 is 5.32 Å². The van der Waals surface area contributed by atoms with Gasteiger partial charge in [-0.15, -0.1) is 0 Å². The van der Waals surface area contributed by atoms with Crippen LogP contribution in [0.15, 0.2) is 18.2 Å². The highest BCUT2D eigenvalue weighted by Gasteiger charge is 2.01. The van der Waals surface area contributed by atoms with E-state index in [9.17, 15) is 8.78 Å². The molecular weight excluding hydrogens is 208 g/mol. The van der Waals surface area contributed by atoms with Crippen molar-refractivity contribution in [2.24, 2.45) is 5.92 Å². The van der Waals surface area contributed by atoms with Crippen molar-refractivity contribution in [2.45, 2.75) is 26.7 Å². The normalized spacial score (nSPS) is 12.8. The minimum Gasteiger partial charge on any atom is -0.316 e. The zero-order valence-electron chi connectivity index (χ0n) is 9.89. The molecule has 0 heterocycles. The molecule has 0 aliphatic carbocycles. The molecule has 0 radical (unpaired) electrons. The highest BCUT2D eigenvalue weighted by molar-refractivity contribution is 5.18. The first-order valence-electron chi connectivity index (χ1n) is 5.77. The van der Waals surface area contributed by atoms with E-state index in [1.807, 2.05) is 0 Å². The summed E-state index contributed by atoms with van der Waals surface area (Å²) >= 11 is 0. The zero-order valence-corrected chi connectivity index (χ0v) is 9.89. The van der Waals surface area contributed by atoms with Gasteiger partial charge in [0.25, 0.3) is 0 Å². The zero-order chi connectivity index (χ0) is 12.0. The molecule has 1 aromatic carbocycles. The molecule has 0 bridgehead atoms. The lowest BCUT2D eigenvalue weighted by molar-refractivity contribution is 0.501. The number of benzene rings is 1. The monoisotopic (exact) mass is 227 g/mol. The van der Waals surface area contributed by atoms with Crippen LogP contribution in [-0.2, 0) is 6.42 Å². The molecule has 0 saturated heterocycles. The molecule has 90 valence electrons. The van der Waals surface area contributed by atoms with Crippen LogP contribution in [0.3, 0.4) is 0 Å². The Morgan fingerprint density at radius 1 is 1.19 bits per heavy atom. The van der Waals surface area contributed by atoms with E-state index in [4.69, 9.17) is 0 Å². The van der Waals surface area contributed by atoms with Crippen molar-refractivity contribution in [3.05, 3.63) is 35.4 Å². The van der Waals surface area contributed by atoms with Gasteiger partial charge in [0.1, 0.15) is 11.6 Å². The predicted octanol–water partition coefficient (Wildman–Crippen LogP) is 3.14. The van der Waals surface area contributed by atoms with Gasteiger partial charge < -0.3 is 5.32 Å². The quantitative estimate of drug-likeness (QED) is 0.736. The van der Waals surface area contributed by atoms with Gasteiger partial charge in [0.15, 0.2) is 0 Å². The van der Waals surface area contributed by atoms with Crippen LogP contribution in [0, 0.1) is 17.6 Å². The third-order valence-electron chi connectivity index (χ3n) is 2.70. The third-order valence-corrected chi connectivity index (χ3v) is 2.70. The summed E-state index contributed by atoms with van der Waals surface area (Å²) in [5.41, 5.74) is 0.703. The lowest BCUT2D eigenvalue weighted by Crippen LogP contribution is -2.23. The first kappa shape index (κ1) is 13.1. The van der Waals surface area contributed by atoms with E-state index in [0.29, 0.717) is 17.9 Å². The summed E-state index contributed by atoms with van der Waals surface area (Å²) in [7, 11) is 0. The van der Waals surface area contributed by atoms with Crippen LogP contribution in [0.4, 0.5) is 8.78 Å². The second kappa shape index (κ2) is 6.59. The number of halogens is 2. The molecule has 0 saturated carbocycles. The molecule has 0 aliphatic rings. The van der Waals surface area contributed by atoms with Gasteiger partial charge >= 0.3 is 0 Å². The maximum absolute atomic E-state index is 12.9. The summed E-state index contributed by atoms with van der Waals surface area (Å²) < 4.78 is 25.7. The van der Waals surface area contributed by atoms with Gasteiger partial charge in [-0.1, -0.05) is 20.3 Å². The van der Waals surface area contributed by atoms with Crippen molar-refractivity contribution in [3.63, 3.8) is 0 Å². The fraction of sp³-hybridized carbons (Fsp3) is 0.538. The minimum absolute atomic E-state index is 0.503. The predicted molar refractivity (Wildman–Crippen MR) is 62.4 cm³/mol. The number of hydrogen-bond acceptors (Lipinski definition) is 1. The molecule has 0 aromatic heterocycles. The maximum atomic E-state index is 12.9. The van der Waals surface area contributed by atoms with Gasteiger partial charge in [-0.3, -0.25) is 0 Å². The maximum Gasteiger partial charge on any atom is 0.126 e. The van der Waals surface area contributed by atoms with E-state index in [2.05, 4.69) is 19.2 Å². The molecule has 1 rings (SSSR count). The van der Waals surface area contributed by atoms with Gasteiger partial charge in [-0.25, -0.2) is 8.78 Å². The number of nitrogens with one attached hydrogen (secondary N) is 1. The highest BCUT2D eigenvalue weighted by atomic mass is 19.1. The van der Waals surface area contributed by atoms with E-state index in [0.717, 1.165) is 25.6 Å². The Kier molecular flexibility index (Phi) is 5.39. The summed E-state index contributed by atoms with van der Waals surface area (Å²) in [6.45, 7) is 6.03. The van der Waals surface area contributed by atoms with E-state index in [1.165, 1.54) is 12.1 Å². The van der Waals surface area contributed by atoms with Crippen LogP contribution in [0.5, 0.6) is 0 Å².